The van der Waals surface area contributed by atoms with Gasteiger partial charge in [-0.2, -0.15) is 0 Å². The van der Waals surface area contributed by atoms with Gasteiger partial charge in [-0.15, -0.1) is 0 Å². The van der Waals surface area contributed by atoms with E-state index >= 15 is 0 Å². The second-order valence-electron chi connectivity index (χ2n) is 3.95. The number of hydrogen-bond donors (Lipinski definition) is 3. The van der Waals surface area contributed by atoms with Crippen molar-refractivity contribution in [1.82, 2.24) is 4.98 Å². The van der Waals surface area contributed by atoms with Gasteiger partial charge in [-0.05, 0) is 24.1 Å². The van der Waals surface area contributed by atoms with Gasteiger partial charge in [0.2, 0.25) is 0 Å². The van der Waals surface area contributed by atoms with Gasteiger partial charge in [-0.25, -0.2) is 0 Å². The predicted molar refractivity (Wildman–Crippen MR) is 62.2 cm³/mol. The molecule has 0 fully saturated rings. The first kappa shape index (κ1) is 10.7. The molecule has 0 amide bonds. The lowest BCUT2D eigenvalue weighted by Gasteiger charge is -2.08. The number of aryl methyl sites for hydroxylation is 1. The van der Waals surface area contributed by atoms with Crippen LogP contribution in [0.3, 0.4) is 0 Å². The Morgan fingerprint density at radius 2 is 2.31 bits per heavy atom. The van der Waals surface area contributed by atoms with E-state index in [2.05, 4.69) is 4.98 Å². The second-order valence-corrected chi connectivity index (χ2v) is 3.95. The van der Waals surface area contributed by atoms with Crippen molar-refractivity contribution in [3.05, 3.63) is 35.5 Å². The van der Waals surface area contributed by atoms with E-state index in [4.69, 9.17) is 10.8 Å². The topological polar surface area (TPSA) is 79.1 Å². The Morgan fingerprint density at radius 3 is 3.00 bits per heavy atom. The van der Waals surface area contributed by atoms with Gasteiger partial charge < -0.3 is 15.8 Å². The van der Waals surface area contributed by atoms with Crippen LogP contribution in [0.25, 0.3) is 10.9 Å². The highest BCUT2D eigenvalue weighted by Gasteiger charge is 2.15. The number of aromatic amines is 1. The zero-order chi connectivity index (χ0) is 11.7. The van der Waals surface area contributed by atoms with Crippen LogP contribution in [0.1, 0.15) is 23.6 Å². The van der Waals surface area contributed by atoms with Crippen LogP contribution in [0.4, 0.5) is 0 Å². The SMILES string of the molecule is Cc1cccc2[nH]cc([C@@H](N)CC(=O)O)c12. The Balaban J connectivity index is 2.48. The zero-order valence-corrected chi connectivity index (χ0v) is 9.03. The molecule has 0 saturated heterocycles. The van der Waals surface area contributed by atoms with Crippen molar-refractivity contribution >= 4 is 16.9 Å². The molecule has 2 rings (SSSR count). The average Bonchev–Trinajstić information content (AvgIpc) is 2.61. The highest BCUT2D eigenvalue weighted by Crippen LogP contribution is 2.27. The number of benzene rings is 1. The number of hydrogen-bond acceptors (Lipinski definition) is 2. The highest BCUT2D eigenvalue weighted by atomic mass is 16.4. The number of nitrogens with one attached hydrogen (secondary N) is 1. The van der Waals surface area contributed by atoms with Crippen LogP contribution in [0.15, 0.2) is 24.4 Å². The highest BCUT2D eigenvalue weighted by molar-refractivity contribution is 5.87. The molecule has 84 valence electrons. The first-order chi connectivity index (χ1) is 7.59. The number of aliphatic carboxylic acids is 1. The number of nitrogens with two attached hydrogens (primary N) is 1. The molecule has 0 aliphatic carbocycles. The van der Waals surface area contributed by atoms with E-state index < -0.39 is 12.0 Å². The summed E-state index contributed by atoms with van der Waals surface area (Å²) in [6.07, 6.45) is 1.74. The third kappa shape index (κ3) is 1.79. The minimum Gasteiger partial charge on any atom is -0.481 e. The number of carboxylic acid groups (broad SMARTS) is 1. The summed E-state index contributed by atoms with van der Waals surface area (Å²) in [4.78, 5) is 13.7. The average molecular weight is 218 g/mol. The standard InChI is InChI=1S/C12H14N2O2/c1-7-3-2-4-10-12(7)8(6-14-10)9(13)5-11(15)16/h2-4,6,9,14H,5,13H2,1H3,(H,15,16)/t9-/m0/s1. The Kier molecular flexibility index (Phi) is 2.66. The number of H-pyrrole nitrogens is 1. The largest absolute Gasteiger partial charge is 0.481 e. The van der Waals surface area contributed by atoms with E-state index in [9.17, 15) is 4.79 Å². The van der Waals surface area contributed by atoms with Crippen molar-refractivity contribution in [1.29, 1.82) is 0 Å². The summed E-state index contributed by atoms with van der Waals surface area (Å²) in [5.41, 5.74) is 8.85. The Hall–Kier alpha value is -1.81. The van der Waals surface area contributed by atoms with E-state index in [1.54, 1.807) is 6.20 Å². The van der Waals surface area contributed by atoms with Gasteiger partial charge in [0.25, 0.3) is 0 Å². The number of rotatable bonds is 3. The zero-order valence-electron chi connectivity index (χ0n) is 9.03. The van der Waals surface area contributed by atoms with Crippen molar-refractivity contribution in [2.75, 3.05) is 0 Å². The maximum atomic E-state index is 10.6. The molecule has 1 aromatic carbocycles. The van der Waals surface area contributed by atoms with E-state index in [0.29, 0.717) is 0 Å². The fourth-order valence-electron chi connectivity index (χ4n) is 1.99. The lowest BCUT2D eigenvalue weighted by Crippen LogP contribution is -2.14. The summed E-state index contributed by atoms with van der Waals surface area (Å²) in [6.45, 7) is 1.99. The molecule has 0 spiro atoms. The molecule has 4 nitrogen and oxygen atoms in total. The van der Waals surface area contributed by atoms with Gasteiger partial charge in [-0.3, -0.25) is 4.79 Å². The summed E-state index contributed by atoms with van der Waals surface area (Å²) in [5.74, 6) is -0.879. The predicted octanol–water partition coefficient (Wildman–Crippen LogP) is 1.95. The fraction of sp³-hybridized carbons (Fsp3) is 0.250. The maximum Gasteiger partial charge on any atom is 0.305 e. The molecule has 1 heterocycles. The molecular weight excluding hydrogens is 204 g/mol. The number of fused-ring (bicyclic) bond motifs is 1. The van der Waals surface area contributed by atoms with Crippen molar-refractivity contribution in [2.24, 2.45) is 5.73 Å². The molecule has 4 heteroatoms. The minimum absolute atomic E-state index is 0.0543. The van der Waals surface area contributed by atoms with Crippen LogP contribution >= 0.6 is 0 Å². The van der Waals surface area contributed by atoms with E-state index in [-0.39, 0.29) is 6.42 Å². The molecule has 1 aromatic heterocycles. The molecule has 0 saturated carbocycles. The lowest BCUT2D eigenvalue weighted by atomic mass is 10.0. The molecule has 0 radical (unpaired) electrons. The molecule has 1 atom stereocenters. The molecule has 2 aromatic rings. The van der Waals surface area contributed by atoms with Crippen LogP contribution in [-0.4, -0.2) is 16.1 Å². The van der Waals surface area contributed by atoms with E-state index in [0.717, 1.165) is 22.0 Å². The van der Waals surface area contributed by atoms with Crippen LogP contribution in [0.5, 0.6) is 0 Å². The van der Waals surface area contributed by atoms with Gasteiger partial charge in [0.05, 0.1) is 6.42 Å². The quantitative estimate of drug-likeness (QED) is 0.736. The number of carbonyl (C=O) groups is 1. The molecule has 0 bridgehead atoms. The molecule has 0 unspecified atom stereocenters. The summed E-state index contributed by atoms with van der Waals surface area (Å²) in [5, 5.41) is 9.77. The second kappa shape index (κ2) is 3.98. The Labute approximate surface area is 93.1 Å². The molecule has 0 aliphatic rings. The van der Waals surface area contributed by atoms with Gasteiger partial charge in [0.15, 0.2) is 0 Å². The smallest absolute Gasteiger partial charge is 0.305 e. The molecule has 16 heavy (non-hydrogen) atoms. The monoisotopic (exact) mass is 218 g/mol. The summed E-state index contributed by atoms with van der Waals surface area (Å²) < 4.78 is 0. The normalized spacial score (nSPS) is 12.9. The van der Waals surface area contributed by atoms with Crippen molar-refractivity contribution in [3.8, 4) is 0 Å². The summed E-state index contributed by atoms with van der Waals surface area (Å²) in [6, 6.07) is 5.44. The van der Waals surface area contributed by atoms with Crippen molar-refractivity contribution in [2.45, 2.75) is 19.4 Å². The van der Waals surface area contributed by atoms with Gasteiger partial charge in [-0.1, -0.05) is 12.1 Å². The Bertz CT molecular complexity index is 531. The molecule has 4 N–H and O–H groups in total. The molecule has 0 aliphatic heterocycles. The Morgan fingerprint density at radius 1 is 1.56 bits per heavy atom. The van der Waals surface area contributed by atoms with E-state index in [1.807, 2.05) is 25.1 Å². The lowest BCUT2D eigenvalue weighted by molar-refractivity contribution is -0.137. The van der Waals surface area contributed by atoms with Crippen LogP contribution in [-0.2, 0) is 4.79 Å². The summed E-state index contributed by atoms with van der Waals surface area (Å²) >= 11 is 0. The van der Waals surface area contributed by atoms with Gasteiger partial charge in [0.1, 0.15) is 0 Å². The van der Waals surface area contributed by atoms with E-state index in [1.165, 1.54) is 0 Å². The minimum atomic E-state index is -0.879. The fourth-order valence-corrected chi connectivity index (χ4v) is 1.99. The maximum absolute atomic E-state index is 10.6. The van der Waals surface area contributed by atoms with Crippen LogP contribution in [0.2, 0.25) is 0 Å². The third-order valence-corrected chi connectivity index (χ3v) is 2.74. The summed E-state index contributed by atoms with van der Waals surface area (Å²) in [7, 11) is 0. The van der Waals surface area contributed by atoms with Crippen molar-refractivity contribution < 1.29 is 9.90 Å². The first-order valence-electron chi connectivity index (χ1n) is 5.13. The van der Waals surface area contributed by atoms with Crippen LogP contribution < -0.4 is 5.73 Å². The first-order valence-corrected chi connectivity index (χ1v) is 5.13. The molecular formula is C12H14N2O2. The number of carboxylic acids is 1. The number of aromatic nitrogens is 1. The third-order valence-electron chi connectivity index (χ3n) is 2.74. The van der Waals surface area contributed by atoms with Gasteiger partial charge >= 0.3 is 5.97 Å². The van der Waals surface area contributed by atoms with Gasteiger partial charge in [0, 0.05) is 23.1 Å². The van der Waals surface area contributed by atoms with Crippen molar-refractivity contribution in [3.63, 3.8) is 0 Å². The van der Waals surface area contributed by atoms with Crippen LogP contribution in [0, 0.1) is 6.92 Å².